The highest BCUT2D eigenvalue weighted by Crippen LogP contribution is 2.30. The molecule has 2 amide bonds. The molecule has 52 heavy (non-hydrogen) atoms. The summed E-state index contributed by atoms with van der Waals surface area (Å²) in [6.45, 7) is 19.0. The van der Waals surface area contributed by atoms with Crippen molar-refractivity contribution in [3.63, 3.8) is 0 Å². The molecule has 302 valence electrons. The fraction of sp³-hybridized carbons (Fsp3) is 0.824. The molecule has 18 heteroatoms. The molecule has 2 N–H and O–H groups in total. The van der Waals surface area contributed by atoms with Crippen molar-refractivity contribution < 1.29 is 67.9 Å². The average molecular weight is 751 g/mol. The molecule has 1 unspecified atom stereocenters. The van der Waals surface area contributed by atoms with Gasteiger partial charge >= 0.3 is 23.9 Å². The highest BCUT2D eigenvalue weighted by Gasteiger charge is 2.44. The molecular weight excluding hydrogens is 688 g/mol. The van der Waals surface area contributed by atoms with Gasteiger partial charge in [-0.25, -0.2) is 19.2 Å². The number of nitrogens with two attached hydrogens (primary N) is 1. The molecule has 0 aliphatic carbocycles. The van der Waals surface area contributed by atoms with Gasteiger partial charge < -0.3 is 15.5 Å². The number of piperazine rings is 1. The largest absolute Gasteiger partial charge is 0.346 e. The van der Waals surface area contributed by atoms with Crippen LogP contribution in [-0.2, 0) is 67.9 Å². The molecule has 0 bridgehead atoms. The van der Waals surface area contributed by atoms with Gasteiger partial charge in [-0.15, -0.1) is 0 Å². The third-order valence-electron chi connectivity index (χ3n) is 7.58. The van der Waals surface area contributed by atoms with Crippen LogP contribution in [0.4, 0.5) is 0 Å². The van der Waals surface area contributed by atoms with Crippen LogP contribution in [0.25, 0.3) is 0 Å². The van der Waals surface area contributed by atoms with Crippen molar-refractivity contribution in [1.29, 1.82) is 0 Å². The summed E-state index contributed by atoms with van der Waals surface area (Å²) in [5, 5.41) is 0. The van der Waals surface area contributed by atoms with Crippen LogP contribution < -0.4 is 5.73 Å². The zero-order valence-electron chi connectivity index (χ0n) is 32.9. The van der Waals surface area contributed by atoms with Gasteiger partial charge in [0.1, 0.15) is 6.10 Å². The second kappa shape index (κ2) is 24.0. The first kappa shape index (κ1) is 48.6. The minimum atomic E-state index is -1.24. The normalized spacial score (nSPS) is 15.1. The number of carbonyl (C=O) groups excluding carboxylic acids is 6. The fourth-order valence-electron chi connectivity index (χ4n) is 5.24. The standard InChI is InChI=1S/C21H36N2O8.C13H26N2O6/c1-16(24)29-30-17(15-20(27)31-28-5)7-6-8-18(25)22-11-13-23(14-12-22)19(26)9-10-21(2,3)4;1-10(16)19-21-13(5,9-11(17)20-18-6)15(8-7-14)12(2,3)4/h17H,6-15H2,1-5H3;7-9,14H2,1-6H3/t17-;/m1./s1. The van der Waals surface area contributed by atoms with Crippen LogP contribution in [0, 0.1) is 5.41 Å². The maximum atomic E-state index is 12.5. The van der Waals surface area contributed by atoms with Gasteiger partial charge in [0.2, 0.25) is 11.8 Å². The molecule has 1 aliphatic rings. The molecule has 1 saturated heterocycles. The Morgan fingerprint density at radius 2 is 1.23 bits per heavy atom. The first-order chi connectivity index (χ1) is 24.1. The van der Waals surface area contributed by atoms with Crippen LogP contribution in [-0.4, -0.2) is 121 Å². The summed E-state index contributed by atoms with van der Waals surface area (Å²) in [4.78, 5) is 112. The molecule has 0 radical (unpaired) electrons. The Balaban J connectivity index is 0.00000108. The molecule has 0 aromatic carbocycles. The lowest BCUT2D eigenvalue weighted by Crippen LogP contribution is -2.59. The zero-order chi connectivity index (χ0) is 40.1. The molecule has 0 aromatic heterocycles. The number of amides is 2. The second-order valence-corrected chi connectivity index (χ2v) is 14.6. The summed E-state index contributed by atoms with van der Waals surface area (Å²) in [5.74, 6) is -2.47. The van der Waals surface area contributed by atoms with Gasteiger partial charge in [-0.3, -0.25) is 34.0 Å². The first-order valence-electron chi connectivity index (χ1n) is 17.3. The Morgan fingerprint density at radius 1 is 0.731 bits per heavy atom. The Morgan fingerprint density at radius 3 is 1.67 bits per heavy atom. The molecule has 1 aliphatic heterocycles. The summed E-state index contributed by atoms with van der Waals surface area (Å²) in [5.41, 5.74) is 4.11. The summed E-state index contributed by atoms with van der Waals surface area (Å²) in [7, 11) is 2.43. The second-order valence-electron chi connectivity index (χ2n) is 14.6. The van der Waals surface area contributed by atoms with E-state index in [2.05, 4.69) is 50.1 Å². The van der Waals surface area contributed by atoms with E-state index in [9.17, 15) is 28.8 Å². The Kier molecular flexibility index (Phi) is 22.4. The molecule has 1 rings (SSSR count). The summed E-state index contributed by atoms with van der Waals surface area (Å²) in [6, 6.07) is 0. The van der Waals surface area contributed by atoms with Gasteiger partial charge in [-0.1, -0.05) is 20.8 Å². The smallest absolute Gasteiger partial charge is 0.339 e. The average Bonchev–Trinajstić information content (AvgIpc) is 3.03. The topological polar surface area (TPSA) is 212 Å². The van der Waals surface area contributed by atoms with E-state index >= 15 is 0 Å². The number of carbonyl (C=O) groups is 6. The van der Waals surface area contributed by atoms with Crippen molar-refractivity contribution >= 4 is 35.7 Å². The molecule has 0 aromatic rings. The Bertz CT molecular complexity index is 1130. The quantitative estimate of drug-likeness (QED) is 0.114. The Labute approximate surface area is 307 Å². The van der Waals surface area contributed by atoms with Gasteiger partial charge in [0, 0.05) is 71.5 Å². The van der Waals surface area contributed by atoms with E-state index in [4.69, 9.17) is 15.5 Å². The van der Waals surface area contributed by atoms with Crippen LogP contribution in [0.2, 0.25) is 0 Å². The van der Waals surface area contributed by atoms with Gasteiger partial charge in [0.05, 0.1) is 27.1 Å². The van der Waals surface area contributed by atoms with E-state index in [1.165, 1.54) is 28.1 Å². The van der Waals surface area contributed by atoms with Crippen LogP contribution >= 0.6 is 0 Å². The van der Waals surface area contributed by atoms with Crippen LogP contribution in [0.15, 0.2) is 0 Å². The van der Waals surface area contributed by atoms with Crippen molar-refractivity contribution in [2.75, 3.05) is 53.5 Å². The first-order valence-corrected chi connectivity index (χ1v) is 17.3. The van der Waals surface area contributed by atoms with E-state index < -0.39 is 35.7 Å². The van der Waals surface area contributed by atoms with Crippen molar-refractivity contribution in [2.24, 2.45) is 11.1 Å². The minimum Gasteiger partial charge on any atom is -0.339 e. The van der Waals surface area contributed by atoms with E-state index in [-0.39, 0.29) is 42.0 Å². The summed E-state index contributed by atoms with van der Waals surface area (Å²) in [6.07, 6.45) is 1.26. The SMILES string of the molecule is COOC(=O)CC(C)(OOC(C)=O)N(CCN)C(C)(C)C.COOC(=O)C[C@@H](CCCC(=O)N1CCN(C(=O)CCC(C)(C)C)CC1)OOC(C)=O. The fourth-order valence-corrected chi connectivity index (χ4v) is 5.24. The molecule has 0 spiro atoms. The predicted molar refractivity (Wildman–Crippen MR) is 185 cm³/mol. The molecular formula is C34H62N4O14. The maximum Gasteiger partial charge on any atom is 0.346 e. The highest BCUT2D eigenvalue weighted by atomic mass is 17.2. The van der Waals surface area contributed by atoms with Crippen LogP contribution in [0.5, 0.6) is 0 Å². The lowest BCUT2D eigenvalue weighted by molar-refractivity contribution is -0.373. The van der Waals surface area contributed by atoms with Crippen molar-refractivity contribution in [3.8, 4) is 0 Å². The monoisotopic (exact) mass is 750 g/mol. The molecule has 2 atom stereocenters. The number of nitrogens with zero attached hydrogens (tertiary/aromatic N) is 3. The third kappa shape index (κ3) is 21.2. The van der Waals surface area contributed by atoms with Crippen molar-refractivity contribution in [3.05, 3.63) is 0 Å². The van der Waals surface area contributed by atoms with E-state index in [1.54, 1.807) is 11.8 Å². The third-order valence-corrected chi connectivity index (χ3v) is 7.58. The number of rotatable bonds is 19. The van der Waals surface area contributed by atoms with Crippen molar-refractivity contribution in [2.45, 2.75) is 125 Å². The highest BCUT2D eigenvalue weighted by molar-refractivity contribution is 5.78. The predicted octanol–water partition coefficient (Wildman–Crippen LogP) is 2.76. The van der Waals surface area contributed by atoms with Gasteiger partial charge in [0.15, 0.2) is 5.72 Å². The Hall–Kier alpha value is -3.42. The van der Waals surface area contributed by atoms with E-state index in [0.717, 1.165) is 6.42 Å². The molecule has 1 heterocycles. The lowest BCUT2D eigenvalue weighted by Gasteiger charge is -2.46. The maximum absolute atomic E-state index is 12.5. The lowest BCUT2D eigenvalue weighted by atomic mass is 9.90. The molecule has 1 fully saturated rings. The molecule has 18 nitrogen and oxygen atoms in total. The van der Waals surface area contributed by atoms with Crippen LogP contribution in [0.3, 0.4) is 0 Å². The van der Waals surface area contributed by atoms with E-state index in [1.807, 2.05) is 30.6 Å². The zero-order valence-corrected chi connectivity index (χ0v) is 32.9. The van der Waals surface area contributed by atoms with E-state index in [0.29, 0.717) is 58.5 Å². The summed E-state index contributed by atoms with van der Waals surface area (Å²) >= 11 is 0. The summed E-state index contributed by atoms with van der Waals surface area (Å²) < 4.78 is 0. The van der Waals surface area contributed by atoms with Gasteiger partial charge in [-0.2, -0.15) is 19.6 Å². The number of hydrogen-bond donors (Lipinski definition) is 1. The number of hydrogen-bond acceptors (Lipinski definition) is 16. The van der Waals surface area contributed by atoms with Crippen molar-refractivity contribution in [1.82, 2.24) is 14.7 Å². The molecule has 0 saturated carbocycles. The van der Waals surface area contributed by atoms with Crippen LogP contribution in [0.1, 0.15) is 107 Å². The van der Waals surface area contributed by atoms with Gasteiger partial charge in [-0.05, 0) is 52.4 Å². The minimum absolute atomic E-state index is 0.0208. The van der Waals surface area contributed by atoms with Gasteiger partial charge in [0.25, 0.3) is 0 Å².